The fourth-order valence-corrected chi connectivity index (χ4v) is 3.47. The molecule has 0 amide bonds. The highest BCUT2D eigenvalue weighted by molar-refractivity contribution is 7.13. The zero-order valence-electron chi connectivity index (χ0n) is 13.8. The molecule has 1 atom stereocenters. The van der Waals surface area contributed by atoms with Gasteiger partial charge in [-0.15, -0.1) is 11.3 Å². The first-order chi connectivity index (χ1) is 11.2. The van der Waals surface area contributed by atoms with Crippen LogP contribution in [0.1, 0.15) is 12.3 Å². The van der Waals surface area contributed by atoms with E-state index in [1.807, 2.05) is 17.5 Å². The number of aryl methyl sites for hydroxylation is 1. The highest BCUT2D eigenvalue weighted by atomic mass is 32.1. The van der Waals surface area contributed by atoms with Gasteiger partial charge in [0, 0.05) is 26.1 Å². The average Bonchev–Trinajstić information content (AvgIpc) is 3.18. The Morgan fingerprint density at radius 1 is 1.43 bits per heavy atom. The topological polar surface area (TPSA) is 54.6 Å². The van der Waals surface area contributed by atoms with Crippen molar-refractivity contribution in [2.75, 3.05) is 46.9 Å². The van der Waals surface area contributed by atoms with Crippen LogP contribution in [0.3, 0.4) is 0 Å². The van der Waals surface area contributed by atoms with Crippen molar-refractivity contribution in [1.29, 1.82) is 0 Å². The molecule has 3 rings (SSSR count). The summed E-state index contributed by atoms with van der Waals surface area (Å²) >= 11 is 1.63. The van der Waals surface area contributed by atoms with Gasteiger partial charge < -0.3 is 14.2 Å². The summed E-state index contributed by atoms with van der Waals surface area (Å²) in [6, 6.07) is 4.01. The maximum atomic E-state index is 5.81. The Balaban J connectivity index is 1.42. The standard InChI is InChI=1S/C16H24N4O2S/c1-19(2)11-13-12-20(8-9-21-13)7-3-6-15-17-16(18-22-15)14-5-4-10-23-14/h4-5,10,13H,3,6-9,11-12H2,1-2H3/t13-/m1/s1. The van der Waals surface area contributed by atoms with Crippen molar-refractivity contribution in [1.82, 2.24) is 19.9 Å². The lowest BCUT2D eigenvalue weighted by atomic mass is 10.2. The van der Waals surface area contributed by atoms with E-state index in [4.69, 9.17) is 9.26 Å². The van der Waals surface area contributed by atoms with Crippen LogP contribution in [-0.4, -0.2) is 72.9 Å². The predicted octanol–water partition coefficient (Wildman–Crippen LogP) is 1.99. The van der Waals surface area contributed by atoms with E-state index in [0.29, 0.717) is 11.9 Å². The van der Waals surface area contributed by atoms with Gasteiger partial charge in [-0.05, 0) is 38.5 Å². The van der Waals surface area contributed by atoms with Gasteiger partial charge in [-0.25, -0.2) is 0 Å². The smallest absolute Gasteiger partial charge is 0.227 e. The van der Waals surface area contributed by atoms with Crippen molar-refractivity contribution >= 4 is 11.3 Å². The number of aromatic nitrogens is 2. The second-order valence-electron chi connectivity index (χ2n) is 6.15. The van der Waals surface area contributed by atoms with Crippen LogP contribution in [0.5, 0.6) is 0 Å². The SMILES string of the molecule is CN(C)C[C@@H]1CN(CCCc2nc(-c3cccs3)no2)CCO1. The minimum absolute atomic E-state index is 0.313. The third kappa shape index (κ3) is 4.84. The summed E-state index contributed by atoms with van der Waals surface area (Å²) < 4.78 is 11.2. The Labute approximate surface area is 141 Å². The van der Waals surface area contributed by atoms with Crippen LogP contribution in [0.4, 0.5) is 0 Å². The molecule has 0 unspecified atom stereocenters. The van der Waals surface area contributed by atoms with Crippen LogP contribution in [0.2, 0.25) is 0 Å². The minimum Gasteiger partial charge on any atom is -0.374 e. The summed E-state index contributed by atoms with van der Waals surface area (Å²) in [4.78, 5) is 10.2. The molecule has 0 radical (unpaired) electrons. The summed E-state index contributed by atoms with van der Waals surface area (Å²) in [7, 11) is 4.17. The molecule has 0 aromatic carbocycles. The highest BCUT2D eigenvalue weighted by Gasteiger charge is 2.20. The second-order valence-corrected chi connectivity index (χ2v) is 7.10. The summed E-state index contributed by atoms with van der Waals surface area (Å²) in [6.45, 7) is 4.85. The van der Waals surface area contributed by atoms with Gasteiger partial charge >= 0.3 is 0 Å². The van der Waals surface area contributed by atoms with Gasteiger partial charge in [0.05, 0.1) is 17.6 Å². The van der Waals surface area contributed by atoms with Gasteiger partial charge in [0.25, 0.3) is 0 Å². The monoisotopic (exact) mass is 336 g/mol. The van der Waals surface area contributed by atoms with E-state index in [9.17, 15) is 0 Å². The van der Waals surface area contributed by atoms with E-state index in [-0.39, 0.29) is 0 Å². The lowest BCUT2D eigenvalue weighted by Gasteiger charge is -2.34. The first-order valence-electron chi connectivity index (χ1n) is 8.06. The quantitative estimate of drug-likeness (QED) is 0.771. The van der Waals surface area contributed by atoms with E-state index in [2.05, 4.69) is 34.0 Å². The van der Waals surface area contributed by atoms with Gasteiger partial charge in [0.15, 0.2) is 0 Å². The number of hydrogen-bond acceptors (Lipinski definition) is 7. The summed E-state index contributed by atoms with van der Waals surface area (Å²) in [5, 5.41) is 6.08. The molecule has 0 spiro atoms. The van der Waals surface area contributed by atoms with Gasteiger partial charge in [-0.1, -0.05) is 11.2 Å². The molecular formula is C16H24N4O2S. The second kappa shape index (κ2) is 8.01. The first-order valence-corrected chi connectivity index (χ1v) is 8.94. The fourth-order valence-electron chi connectivity index (χ4n) is 2.82. The Morgan fingerprint density at radius 3 is 3.13 bits per heavy atom. The van der Waals surface area contributed by atoms with E-state index in [0.717, 1.165) is 56.4 Å². The van der Waals surface area contributed by atoms with Crippen molar-refractivity contribution in [3.8, 4) is 10.7 Å². The molecule has 6 nitrogen and oxygen atoms in total. The molecule has 126 valence electrons. The van der Waals surface area contributed by atoms with Gasteiger partial charge in [0.1, 0.15) is 0 Å². The first kappa shape index (κ1) is 16.6. The van der Waals surface area contributed by atoms with E-state index in [1.54, 1.807) is 11.3 Å². The summed E-state index contributed by atoms with van der Waals surface area (Å²) in [5.41, 5.74) is 0. The van der Waals surface area contributed by atoms with Crippen LogP contribution < -0.4 is 0 Å². The Bertz CT molecular complexity index is 585. The fraction of sp³-hybridized carbons (Fsp3) is 0.625. The van der Waals surface area contributed by atoms with Crippen LogP contribution in [0, 0.1) is 0 Å². The molecule has 0 bridgehead atoms. The molecule has 1 saturated heterocycles. The average molecular weight is 336 g/mol. The van der Waals surface area contributed by atoms with Crippen LogP contribution >= 0.6 is 11.3 Å². The number of likely N-dealkylation sites (N-methyl/N-ethyl adjacent to an activating group) is 1. The number of hydrogen-bond donors (Lipinski definition) is 0. The molecule has 0 saturated carbocycles. The third-order valence-electron chi connectivity index (χ3n) is 3.87. The van der Waals surface area contributed by atoms with Crippen molar-refractivity contribution in [3.63, 3.8) is 0 Å². The number of ether oxygens (including phenoxy) is 1. The molecule has 3 heterocycles. The maximum absolute atomic E-state index is 5.81. The zero-order chi connectivity index (χ0) is 16.1. The normalized spacial score (nSPS) is 19.5. The lowest BCUT2D eigenvalue weighted by molar-refractivity contribution is -0.0382. The summed E-state index contributed by atoms with van der Waals surface area (Å²) in [6.07, 6.45) is 2.17. The van der Waals surface area contributed by atoms with Crippen LogP contribution in [-0.2, 0) is 11.2 Å². The van der Waals surface area contributed by atoms with Gasteiger partial charge in [-0.3, -0.25) is 4.90 Å². The number of rotatable bonds is 7. The Kier molecular flexibility index (Phi) is 5.77. The number of nitrogens with zero attached hydrogens (tertiary/aromatic N) is 4. The molecule has 7 heteroatoms. The molecule has 0 N–H and O–H groups in total. The Hall–Kier alpha value is -1.28. The molecule has 1 aliphatic heterocycles. The van der Waals surface area contributed by atoms with Crippen molar-refractivity contribution < 1.29 is 9.26 Å². The molecule has 1 fully saturated rings. The van der Waals surface area contributed by atoms with Crippen LogP contribution in [0.25, 0.3) is 10.7 Å². The molecule has 2 aromatic rings. The Morgan fingerprint density at radius 2 is 2.35 bits per heavy atom. The van der Waals surface area contributed by atoms with E-state index >= 15 is 0 Å². The molecule has 0 aliphatic carbocycles. The van der Waals surface area contributed by atoms with Gasteiger partial charge in [-0.2, -0.15) is 4.98 Å². The van der Waals surface area contributed by atoms with Crippen molar-refractivity contribution in [2.45, 2.75) is 18.9 Å². The minimum atomic E-state index is 0.313. The lowest BCUT2D eigenvalue weighted by Crippen LogP contribution is -2.46. The van der Waals surface area contributed by atoms with E-state index in [1.165, 1.54) is 0 Å². The van der Waals surface area contributed by atoms with Crippen LogP contribution in [0.15, 0.2) is 22.0 Å². The van der Waals surface area contributed by atoms with Crippen molar-refractivity contribution in [2.24, 2.45) is 0 Å². The molecule has 23 heavy (non-hydrogen) atoms. The molecule has 1 aliphatic rings. The number of morpholine rings is 1. The highest BCUT2D eigenvalue weighted by Crippen LogP contribution is 2.21. The van der Waals surface area contributed by atoms with E-state index < -0.39 is 0 Å². The summed E-state index contributed by atoms with van der Waals surface area (Å²) in [5.74, 6) is 1.43. The van der Waals surface area contributed by atoms with Crippen molar-refractivity contribution in [3.05, 3.63) is 23.4 Å². The largest absolute Gasteiger partial charge is 0.374 e. The molecular weight excluding hydrogens is 312 g/mol. The zero-order valence-corrected chi connectivity index (χ0v) is 14.6. The molecule has 2 aromatic heterocycles. The maximum Gasteiger partial charge on any atom is 0.227 e. The number of thiophene rings is 1. The third-order valence-corrected chi connectivity index (χ3v) is 4.73. The van der Waals surface area contributed by atoms with Gasteiger partial charge in [0.2, 0.25) is 11.7 Å². The predicted molar refractivity (Wildman–Crippen MR) is 90.7 cm³/mol.